The van der Waals surface area contributed by atoms with Crippen LogP contribution in [0.15, 0.2) is 0 Å². The monoisotopic (exact) mass is 406 g/mol. The van der Waals surface area contributed by atoms with E-state index in [0.29, 0.717) is 0 Å². The van der Waals surface area contributed by atoms with Crippen molar-refractivity contribution in [2.45, 2.75) is 0 Å². The number of nitrogens with one attached hydrogen (secondary N) is 1. The second-order valence-corrected chi connectivity index (χ2v) is 5.95. The van der Waals surface area contributed by atoms with E-state index < -0.39 is 50.1 Å². The molecule has 0 aromatic heterocycles. The number of carbonyl (C=O) groups excluding carboxylic acids is 1. The van der Waals surface area contributed by atoms with Gasteiger partial charge in [0.1, 0.15) is 0 Å². The Hall–Kier alpha value is -2.77. The van der Waals surface area contributed by atoms with Crippen molar-refractivity contribution in [1.82, 2.24) is 20.0 Å². The summed E-state index contributed by atoms with van der Waals surface area (Å²) in [6, 6.07) is 0. The molecular weight excluding hydrogens is 380 g/mol. The summed E-state index contributed by atoms with van der Waals surface area (Å²) in [4.78, 5) is 59.0. The van der Waals surface area contributed by atoms with E-state index in [1.165, 1.54) is 16.8 Å². The van der Waals surface area contributed by atoms with Gasteiger partial charge >= 0.3 is 23.9 Å². The van der Waals surface area contributed by atoms with Gasteiger partial charge in [-0.05, 0) is 0 Å². The Bertz CT molecular complexity index is 498. The van der Waals surface area contributed by atoms with E-state index in [4.69, 9.17) is 20.4 Å². The molecule has 0 heterocycles. The van der Waals surface area contributed by atoms with Crippen molar-refractivity contribution in [2.24, 2.45) is 0 Å². The molecule has 0 saturated heterocycles. The molecule has 0 aromatic rings. The van der Waals surface area contributed by atoms with Crippen LogP contribution in [-0.2, 0) is 24.0 Å². The number of aliphatic carboxylic acids is 4. The number of amides is 1. The molecule has 160 valence electrons. The van der Waals surface area contributed by atoms with Crippen LogP contribution in [0.4, 0.5) is 0 Å². The van der Waals surface area contributed by atoms with Crippen molar-refractivity contribution < 1.29 is 44.4 Å². The predicted molar refractivity (Wildman–Crippen MR) is 93.9 cm³/mol. The highest BCUT2D eigenvalue weighted by Crippen LogP contribution is 1.97. The van der Waals surface area contributed by atoms with Crippen molar-refractivity contribution >= 4 is 29.8 Å². The Morgan fingerprint density at radius 1 is 0.571 bits per heavy atom. The fourth-order valence-electron chi connectivity index (χ4n) is 2.31. The van der Waals surface area contributed by atoms with E-state index in [0.717, 1.165) is 0 Å². The number of rotatable bonds is 16. The first-order chi connectivity index (χ1) is 13.0. The molecule has 0 spiro atoms. The summed E-state index contributed by atoms with van der Waals surface area (Å²) >= 11 is 0. The van der Waals surface area contributed by atoms with Crippen LogP contribution in [0.5, 0.6) is 0 Å². The molecule has 1 amide bonds. The lowest BCUT2D eigenvalue weighted by Gasteiger charge is -2.27. The predicted octanol–water partition coefficient (Wildman–Crippen LogP) is -3.02. The second-order valence-electron chi connectivity index (χ2n) is 5.95. The highest BCUT2D eigenvalue weighted by Gasteiger charge is 2.19. The average molecular weight is 406 g/mol. The van der Waals surface area contributed by atoms with E-state index in [1.54, 1.807) is 4.90 Å². The molecule has 0 aliphatic heterocycles. The highest BCUT2D eigenvalue weighted by molar-refractivity contribution is 5.77. The molecule has 0 unspecified atom stereocenters. The van der Waals surface area contributed by atoms with Gasteiger partial charge in [-0.3, -0.25) is 38.7 Å². The Kier molecular flexibility index (Phi) is 12.1. The molecular formula is C15H26N4O9. The maximum Gasteiger partial charge on any atom is 0.317 e. The molecule has 0 atom stereocenters. The quantitative estimate of drug-likeness (QED) is 0.175. The Labute approximate surface area is 161 Å². The van der Waals surface area contributed by atoms with E-state index in [9.17, 15) is 24.0 Å². The topological polar surface area (TPSA) is 188 Å². The zero-order valence-electron chi connectivity index (χ0n) is 15.5. The summed E-state index contributed by atoms with van der Waals surface area (Å²) in [5.41, 5.74) is 0. The SMILES string of the molecule is CNC(=O)CN(CCN(CC(=O)O)CC(=O)O)CCN(CC(=O)O)CC(=O)O. The molecule has 13 heteroatoms. The van der Waals surface area contributed by atoms with Gasteiger partial charge in [-0.2, -0.15) is 0 Å². The summed E-state index contributed by atoms with van der Waals surface area (Å²) < 4.78 is 0. The molecule has 0 rings (SSSR count). The molecule has 0 bridgehead atoms. The van der Waals surface area contributed by atoms with Gasteiger partial charge in [-0.1, -0.05) is 0 Å². The molecule has 0 saturated carbocycles. The maximum atomic E-state index is 11.7. The zero-order chi connectivity index (χ0) is 21.7. The number of nitrogens with zero attached hydrogens (tertiary/aromatic N) is 3. The van der Waals surface area contributed by atoms with Crippen LogP contribution in [0.25, 0.3) is 0 Å². The molecule has 0 aromatic carbocycles. The Morgan fingerprint density at radius 3 is 1.11 bits per heavy atom. The minimum absolute atomic E-state index is 0.0352. The van der Waals surface area contributed by atoms with Crippen LogP contribution >= 0.6 is 0 Å². The lowest BCUT2D eigenvalue weighted by atomic mass is 10.3. The number of likely N-dealkylation sites (N-methyl/N-ethyl adjacent to an activating group) is 1. The van der Waals surface area contributed by atoms with Crippen molar-refractivity contribution in [3.05, 3.63) is 0 Å². The summed E-state index contributed by atoms with van der Waals surface area (Å²) in [7, 11) is 1.42. The third-order valence-corrected chi connectivity index (χ3v) is 3.55. The standard InChI is InChI=1S/C15H26N4O9/c1-16-11(20)6-17(2-4-18(7-12(21)22)8-13(23)24)3-5-19(9-14(25)26)10-15(27)28/h2-10H2,1H3,(H,16,20)(H,21,22)(H,23,24)(H,25,26)(H,27,28). The Balaban J connectivity index is 4.95. The molecule has 28 heavy (non-hydrogen) atoms. The van der Waals surface area contributed by atoms with Crippen LogP contribution in [0.3, 0.4) is 0 Å². The first-order valence-electron chi connectivity index (χ1n) is 8.28. The normalized spacial score (nSPS) is 11.0. The van der Waals surface area contributed by atoms with Crippen molar-refractivity contribution in [3.63, 3.8) is 0 Å². The van der Waals surface area contributed by atoms with Crippen molar-refractivity contribution in [2.75, 3.05) is 66.0 Å². The second kappa shape index (κ2) is 13.4. The highest BCUT2D eigenvalue weighted by atomic mass is 16.4. The Morgan fingerprint density at radius 2 is 0.857 bits per heavy atom. The third kappa shape index (κ3) is 13.4. The average Bonchev–Trinajstić information content (AvgIpc) is 2.54. The van der Waals surface area contributed by atoms with Crippen LogP contribution < -0.4 is 5.32 Å². The molecule has 5 N–H and O–H groups in total. The van der Waals surface area contributed by atoms with Crippen LogP contribution in [0.1, 0.15) is 0 Å². The van der Waals surface area contributed by atoms with Gasteiger partial charge in [0.05, 0.1) is 32.7 Å². The largest absolute Gasteiger partial charge is 0.480 e. The van der Waals surface area contributed by atoms with Gasteiger partial charge in [-0.25, -0.2) is 0 Å². The number of carbonyl (C=O) groups is 5. The van der Waals surface area contributed by atoms with E-state index in [2.05, 4.69) is 5.32 Å². The van der Waals surface area contributed by atoms with Gasteiger partial charge < -0.3 is 25.7 Å². The summed E-state index contributed by atoms with van der Waals surface area (Å²) in [5.74, 6) is -5.16. The van der Waals surface area contributed by atoms with Crippen LogP contribution in [0.2, 0.25) is 0 Å². The van der Waals surface area contributed by atoms with Gasteiger partial charge in [0.2, 0.25) is 5.91 Å². The molecule has 0 aliphatic rings. The number of carboxylic acid groups (broad SMARTS) is 4. The van der Waals surface area contributed by atoms with Crippen molar-refractivity contribution in [1.29, 1.82) is 0 Å². The summed E-state index contributed by atoms with van der Waals surface area (Å²) in [6.07, 6.45) is 0. The fourth-order valence-corrected chi connectivity index (χ4v) is 2.31. The number of hydrogen-bond acceptors (Lipinski definition) is 8. The third-order valence-electron chi connectivity index (χ3n) is 3.55. The lowest BCUT2D eigenvalue weighted by molar-refractivity contribution is -0.143. The number of carboxylic acids is 4. The van der Waals surface area contributed by atoms with Gasteiger partial charge in [0, 0.05) is 33.2 Å². The molecule has 0 radical (unpaired) electrons. The summed E-state index contributed by atoms with van der Waals surface area (Å²) in [6.45, 7) is -1.76. The van der Waals surface area contributed by atoms with E-state index in [1.807, 2.05) is 0 Å². The van der Waals surface area contributed by atoms with Crippen LogP contribution in [-0.4, -0.2) is 131 Å². The van der Waals surface area contributed by atoms with Gasteiger partial charge in [0.25, 0.3) is 0 Å². The first-order valence-corrected chi connectivity index (χ1v) is 8.28. The minimum Gasteiger partial charge on any atom is -0.480 e. The minimum atomic E-state index is -1.20. The summed E-state index contributed by atoms with van der Waals surface area (Å²) in [5, 5.41) is 37.9. The zero-order valence-corrected chi connectivity index (χ0v) is 15.5. The van der Waals surface area contributed by atoms with E-state index in [-0.39, 0.29) is 38.6 Å². The van der Waals surface area contributed by atoms with Gasteiger partial charge in [-0.15, -0.1) is 0 Å². The van der Waals surface area contributed by atoms with Gasteiger partial charge in [0.15, 0.2) is 0 Å². The number of hydrogen-bond donors (Lipinski definition) is 5. The maximum absolute atomic E-state index is 11.7. The molecule has 0 fully saturated rings. The fraction of sp³-hybridized carbons (Fsp3) is 0.667. The molecule has 0 aliphatic carbocycles. The first kappa shape index (κ1) is 25.2. The van der Waals surface area contributed by atoms with E-state index >= 15 is 0 Å². The smallest absolute Gasteiger partial charge is 0.317 e. The van der Waals surface area contributed by atoms with Crippen molar-refractivity contribution in [3.8, 4) is 0 Å². The lowest BCUT2D eigenvalue weighted by Crippen LogP contribution is -2.46. The molecule has 13 nitrogen and oxygen atoms in total. The van der Waals surface area contributed by atoms with Crippen LogP contribution in [0, 0.1) is 0 Å².